The topological polar surface area (TPSA) is 0 Å². The first-order valence-corrected chi connectivity index (χ1v) is 3.85. The SMILES string of the molecule is CC12CC=CC=C1C=CC2. The van der Waals surface area contributed by atoms with Crippen LogP contribution in [-0.4, -0.2) is 0 Å². The first-order valence-electron chi connectivity index (χ1n) is 3.85. The van der Waals surface area contributed by atoms with E-state index in [2.05, 4.69) is 37.3 Å². The van der Waals surface area contributed by atoms with Crippen LogP contribution in [0.3, 0.4) is 0 Å². The van der Waals surface area contributed by atoms with Gasteiger partial charge in [0.15, 0.2) is 0 Å². The van der Waals surface area contributed by atoms with Crippen LogP contribution in [0.25, 0.3) is 0 Å². The van der Waals surface area contributed by atoms with Gasteiger partial charge >= 0.3 is 0 Å². The van der Waals surface area contributed by atoms with Gasteiger partial charge in [-0.05, 0) is 23.8 Å². The Morgan fingerprint density at radius 1 is 1.30 bits per heavy atom. The van der Waals surface area contributed by atoms with Crippen molar-refractivity contribution in [2.45, 2.75) is 19.8 Å². The summed E-state index contributed by atoms with van der Waals surface area (Å²) in [6.07, 6.45) is 13.6. The summed E-state index contributed by atoms with van der Waals surface area (Å²) in [6.45, 7) is 2.34. The van der Waals surface area contributed by atoms with Gasteiger partial charge in [0.25, 0.3) is 0 Å². The zero-order valence-corrected chi connectivity index (χ0v) is 6.30. The van der Waals surface area contributed by atoms with E-state index in [0.717, 1.165) is 0 Å². The third-order valence-corrected chi connectivity index (χ3v) is 2.54. The molecule has 0 N–H and O–H groups in total. The maximum Gasteiger partial charge on any atom is -0.000629 e. The molecule has 0 saturated carbocycles. The predicted molar refractivity (Wildman–Crippen MR) is 43.7 cm³/mol. The van der Waals surface area contributed by atoms with Gasteiger partial charge in [-0.25, -0.2) is 0 Å². The largest absolute Gasteiger partial charge is 0.0836 e. The fraction of sp³-hybridized carbons (Fsp3) is 0.400. The Morgan fingerprint density at radius 3 is 2.90 bits per heavy atom. The van der Waals surface area contributed by atoms with Crippen LogP contribution < -0.4 is 0 Å². The average Bonchev–Trinajstić information content (AvgIpc) is 2.29. The molecule has 1 unspecified atom stereocenters. The number of hydrogen-bond acceptors (Lipinski definition) is 0. The second kappa shape index (κ2) is 1.85. The Hall–Kier alpha value is -0.780. The standard InChI is InChI=1S/C10H12/c1-10-7-3-2-5-9(10)6-4-8-10/h2-6H,7-8H2,1H3. The van der Waals surface area contributed by atoms with Crippen molar-refractivity contribution in [3.8, 4) is 0 Å². The molecule has 0 radical (unpaired) electrons. The molecule has 52 valence electrons. The number of allylic oxidation sites excluding steroid dienone is 6. The lowest BCUT2D eigenvalue weighted by molar-refractivity contribution is 0.431. The molecule has 0 aromatic heterocycles. The van der Waals surface area contributed by atoms with Crippen LogP contribution in [0, 0.1) is 5.41 Å². The van der Waals surface area contributed by atoms with E-state index in [0.29, 0.717) is 5.41 Å². The summed E-state index contributed by atoms with van der Waals surface area (Å²) in [4.78, 5) is 0. The summed E-state index contributed by atoms with van der Waals surface area (Å²) in [7, 11) is 0. The van der Waals surface area contributed by atoms with E-state index >= 15 is 0 Å². The number of rotatable bonds is 0. The van der Waals surface area contributed by atoms with Crippen LogP contribution >= 0.6 is 0 Å². The molecule has 2 aliphatic carbocycles. The summed E-state index contributed by atoms with van der Waals surface area (Å²) in [5, 5.41) is 0. The summed E-state index contributed by atoms with van der Waals surface area (Å²) in [5.74, 6) is 0. The minimum Gasteiger partial charge on any atom is -0.0836 e. The number of fused-ring (bicyclic) bond motifs is 1. The molecule has 2 aliphatic rings. The smallest absolute Gasteiger partial charge is 0.000629 e. The van der Waals surface area contributed by atoms with Gasteiger partial charge in [0.1, 0.15) is 0 Å². The Balaban J connectivity index is 2.41. The Bertz CT molecular complexity index is 230. The maximum atomic E-state index is 2.34. The molecule has 0 spiro atoms. The Kier molecular flexibility index (Phi) is 1.10. The third-order valence-electron chi connectivity index (χ3n) is 2.54. The molecular weight excluding hydrogens is 120 g/mol. The molecule has 0 aromatic carbocycles. The van der Waals surface area contributed by atoms with Gasteiger partial charge in [-0.3, -0.25) is 0 Å². The van der Waals surface area contributed by atoms with E-state index in [9.17, 15) is 0 Å². The van der Waals surface area contributed by atoms with Crippen LogP contribution in [0.1, 0.15) is 19.8 Å². The second-order valence-electron chi connectivity index (χ2n) is 3.42. The lowest BCUT2D eigenvalue weighted by Gasteiger charge is -2.26. The first-order chi connectivity index (χ1) is 4.81. The van der Waals surface area contributed by atoms with Gasteiger partial charge in [0, 0.05) is 0 Å². The molecule has 0 aliphatic heterocycles. The fourth-order valence-corrected chi connectivity index (χ4v) is 1.72. The molecule has 0 nitrogen and oxygen atoms in total. The third kappa shape index (κ3) is 0.683. The molecule has 0 amide bonds. The highest BCUT2D eigenvalue weighted by molar-refractivity contribution is 5.38. The number of hydrogen-bond donors (Lipinski definition) is 0. The van der Waals surface area contributed by atoms with E-state index < -0.39 is 0 Å². The van der Waals surface area contributed by atoms with E-state index in [1.807, 2.05) is 0 Å². The van der Waals surface area contributed by atoms with Crippen molar-refractivity contribution in [3.05, 3.63) is 36.0 Å². The Labute approximate surface area is 61.9 Å². The summed E-state index contributed by atoms with van der Waals surface area (Å²) in [5.41, 5.74) is 1.96. The van der Waals surface area contributed by atoms with Crippen molar-refractivity contribution in [2.75, 3.05) is 0 Å². The molecule has 0 heteroatoms. The molecule has 0 fully saturated rings. The van der Waals surface area contributed by atoms with Crippen molar-refractivity contribution >= 4 is 0 Å². The van der Waals surface area contributed by atoms with Crippen molar-refractivity contribution in [3.63, 3.8) is 0 Å². The minimum absolute atomic E-state index is 0.453. The van der Waals surface area contributed by atoms with Gasteiger partial charge < -0.3 is 0 Å². The monoisotopic (exact) mass is 132 g/mol. The molecule has 0 bridgehead atoms. The Morgan fingerprint density at radius 2 is 2.10 bits per heavy atom. The van der Waals surface area contributed by atoms with Gasteiger partial charge in [-0.1, -0.05) is 37.3 Å². The minimum atomic E-state index is 0.453. The second-order valence-corrected chi connectivity index (χ2v) is 3.42. The van der Waals surface area contributed by atoms with E-state index in [4.69, 9.17) is 0 Å². The quantitative estimate of drug-likeness (QED) is 0.475. The van der Waals surface area contributed by atoms with Gasteiger partial charge in [-0.2, -0.15) is 0 Å². The lowest BCUT2D eigenvalue weighted by atomic mass is 9.78. The van der Waals surface area contributed by atoms with E-state index in [1.54, 1.807) is 0 Å². The maximum absolute atomic E-state index is 2.34. The van der Waals surface area contributed by atoms with Crippen molar-refractivity contribution in [1.82, 2.24) is 0 Å². The van der Waals surface area contributed by atoms with Crippen LogP contribution in [0.4, 0.5) is 0 Å². The van der Waals surface area contributed by atoms with Gasteiger partial charge in [0.2, 0.25) is 0 Å². The zero-order valence-electron chi connectivity index (χ0n) is 6.30. The van der Waals surface area contributed by atoms with Crippen molar-refractivity contribution in [2.24, 2.45) is 5.41 Å². The van der Waals surface area contributed by atoms with Crippen LogP contribution in [0.5, 0.6) is 0 Å². The van der Waals surface area contributed by atoms with Crippen LogP contribution in [0.2, 0.25) is 0 Å². The highest BCUT2D eigenvalue weighted by Crippen LogP contribution is 2.42. The fourth-order valence-electron chi connectivity index (χ4n) is 1.72. The summed E-state index contributed by atoms with van der Waals surface area (Å²) >= 11 is 0. The molecular formula is C10H12. The van der Waals surface area contributed by atoms with Crippen molar-refractivity contribution in [1.29, 1.82) is 0 Å². The van der Waals surface area contributed by atoms with Gasteiger partial charge in [-0.15, -0.1) is 0 Å². The van der Waals surface area contributed by atoms with E-state index in [-0.39, 0.29) is 0 Å². The summed E-state index contributed by atoms with van der Waals surface area (Å²) in [6, 6.07) is 0. The van der Waals surface area contributed by atoms with Gasteiger partial charge in [0.05, 0.1) is 0 Å². The lowest BCUT2D eigenvalue weighted by Crippen LogP contribution is -2.14. The summed E-state index contributed by atoms with van der Waals surface area (Å²) < 4.78 is 0. The highest BCUT2D eigenvalue weighted by Gasteiger charge is 2.29. The van der Waals surface area contributed by atoms with Crippen LogP contribution in [-0.2, 0) is 0 Å². The first kappa shape index (κ1) is 5.96. The molecule has 0 heterocycles. The van der Waals surface area contributed by atoms with Crippen LogP contribution in [0.15, 0.2) is 36.0 Å². The molecule has 2 rings (SSSR count). The molecule has 1 atom stereocenters. The molecule has 10 heavy (non-hydrogen) atoms. The average molecular weight is 132 g/mol. The highest BCUT2D eigenvalue weighted by atomic mass is 14.3. The van der Waals surface area contributed by atoms with E-state index in [1.165, 1.54) is 18.4 Å². The normalized spacial score (nSPS) is 35.9. The molecule has 0 aromatic rings. The molecule has 0 saturated heterocycles. The predicted octanol–water partition coefficient (Wildman–Crippen LogP) is 2.84. The zero-order chi connectivity index (χ0) is 7.03. The van der Waals surface area contributed by atoms with Crippen molar-refractivity contribution < 1.29 is 0 Å².